The fourth-order valence-electron chi connectivity index (χ4n) is 4.34. The van der Waals surface area contributed by atoms with Crippen molar-refractivity contribution in [2.24, 2.45) is 5.92 Å². The molecule has 128 valence electrons. The molecule has 2 fully saturated rings. The molecule has 0 radical (unpaired) electrons. The number of fused-ring (bicyclic) bond motifs is 2. The standard InChI is InChI=1S/C19H25N3O2/c1-14-8-11-21(12-9-14)13-22-17(23)19(20-18(22)24)10-4-6-15-5-2-3-7-16(15)19/h2-3,5,7,14H,4,6,8-13H2,1H3,(H,20,24). The van der Waals surface area contributed by atoms with Gasteiger partial charge in [0, 0.05) is 13.1 Å². The summed E-state index contributed by atoms with van der Waals surface area (Å²) in [5.74, 6) is 0.666. The Labute approximate surface area is 143 Å². The second-order valence-corrected chi connectivity index (χ2v) is 7.52. The van der Waals surface area contributed by atoms with Crippen molar-refractivity contribution in [3.8, 4) is 0 Å². The number of nitrogens with one attached hydrogen (secondary N) is 1. The highest BCUT2D eigenvalue weighted by atomic mass is 16.2. The van der Waals surface area contributed by atoms with Crippen LogP contribution >= 0.6 is 0 Å². The molecule has 2 saturated heterocycles. The molecule has 1 aromatic carbocycles. The molecule has 1 aliphatic carbocycles. The molecular formula is C19H25N3O2. The van der Waals surface area contributed by atoms with Crippen molar-refractivity contribution in [2.75, 3.05) is 19.8 Å². The molecule has 1 spiro atoms. The Morgan fingerprint density at radius 3 is 2.75 bits per heavy atom. The SMILES string of the molecule is CC1CCN(CN2C(=O)NC3(CCCc4ccccc43)C2=O)CC1. The third-order valence-electron chi connectivity index (χ3n) is 5.87. The maximum atomic E-state index is 13.2. The van der Waals surface area contributed by atoms with Crippen LogP contribution in [0.1, 0.15) is 43.7 Å². The number of benzene rings is 1. The lowest BCUT2D eigenvalue weighted by Crippen LogP contribution is -2.48. The molecule has 3 aliphatic rings. The van der Waals surface area contributed by atoms with Gasteiger partial charge in [0.15, 0.2) is 0 Å². The molecule has 0 aromatic heterocycles. The van der Waals surface area contributed by atoms with Crippen molar-refractivity contribution < 1.29 is 9.59 Å². The molecular weight excluding hydrogens is 302 g/mol. The quantitative estimate of drug-likeness (QED) is 0.849. The van der Waals surface area contributed by atoms with E-state index in [-0.39, 0.29) is 11.9 Å². The van der Waals surface area contributed by atoms with Crippen molar-refractivity contribution in [1.29, 1.82) is 0 Å². The molecule has 3 amide bonds. The van der Waals surface area contributed by atoms with Crippen molar-refractivity contribution in [3.05, 3.63) is 35.4 Å². The summed E-state index contributed by atoms with van der Waals surface area (Å²) >= 11 is 0. The average molecular weight is 327 g/mol. The van der Waals surface area contributed by atoms with Crippen LogP contribution in [0.25, 0.3) is 0 Å². The van der Waals surface area contributed by atoms with Crippen molar-refractivity contribution in [3.63, 3.8) is 0 Å². The van der Waals surface area contributed by atoms with Crippen LogP contribution in [-0.2, 0) is 16.8 Å². The largest absolute Gasteiger partial charge is 0.326 e. The third kappa shape index (κ3) is 2.42. The van der Waals surface area contributed by atoms with Crippen LogP contribution in [0, 0.1) is 5.92 Å². The van der Waals surface area contributed by atoms with Crippen molar-refractivity contribution in [2.45, 2.75) is 44.6 Å². The van der Waals surface area contributed by atoms with Gasteiger partial charge in [-0.3, -0.25) is 9.69 Å². The van der Waals surface area contributed by atoms with Gasteiger partial charge in [-0.1, -0.05) is 31.2 Å². The monoisotopic (exact) mass is 327 g/mol. The number of imide groups is 1. The van der Waals surface area contributed by atoms with Gasteiger partial charge < -0.3 is 5.32 Å². The number of rotatable bonds is 2. The molecule has 1 unspecified atom stereocenters. The predicted octanol–water partition coefficient (Wildman–Crippen LogP) is 2.46. The van der Waals surface area contributed by atoms with Crippen LogP contribution in [0.2, 0.25) is 0 Å². The lowest BCUT2D eigenvalue weighted by Gasteiger charge is -2.35. The minimum atomic E-state index is -0.838. The number of urea groups is 1. The van der Waals surface area contributed by atoms with Gasteiger partial charge in [-0.15, -0.1) is 0 Å². The maximum Gasteiger partial charge on any atom is 0.326 e. The summed E-state index contributed by atoms with van der Waals surface area (Å²) in [6.07, 6.45) is 4.88. The van der Waals surface area contributed by atoms with E-state index >= 15 is 0 Å². The highest BCUT2D eigenvalue weighted by Gasteiger charge is 2.54. The van der Waals surface area contributed by atoms with E-state index in [0.29, 0.717) is 13.1 Å². The van der Waals surface area contributed by atoms with Gasteiger partial charge in [0.05, 0.1) is 6.67 Å². The summed E-state index contributed by atoms with van der Waals surface area (Å²) in [5, 5.41) is 3.03. The van der Waals surface area contributed by atoms with Crippen LogP contribution in [0.4, 0.5) is 4.79 Å². The second kappa shape index (κ2) is 5.88. The molecule has 2 heterocycles. The second-order valence-electron chi connectivity index (χ2n) is 7.52. The van der Waals surface area contributed by atoms with Gasteiger partial charge in [0.2, 0.25) is 0 Å². The van der Waals surface area contributed by atoms with Gasteiger partial charge in [-0.05, 0) is 49.1 Å². The number of carbonyl (C=O) groups is 2. The van der Waals surface area contributed by atoms with E-state index in [1.54, 1.807) is 0 Å². The number of amides is 3. The summed E-state index contributed by atoms with van der Waals surface area (Å²) in [6.45, 7) is 4.60. The molecule has 5 heteroatoms. The number of hydrogen-bond acceptors (Lipinski definition) is 3. The van der Waals surface area contributed by atoms with Gasteiger partial charge in [0.25, 0.3) is 5.91 Å². The molecule has 2 aliphatic heterocycles. The van der Waals surface area contributed by atoms with E-state index in [2.05, 4.69) is 23.2 Å². The molecule has 1 atom stereocenters. The normalized spacial score (nSPS) is 28.3. The van der Waals surface area contributed by atoms with Crippen molar-refractivity contribution in [1.82, 2.24) is 15.1 Å². The van der Waals surface area contributed by atoms with Gasteiger partial charge in [0.1, 0.15) is 5.54 Å². The number of hydrogen-bond donors (Lipinski definition) is 1. The van der Waals surface area contributed by atoms with Gasteiger partial charge >= 0.3 is 6.03 Å². The van der Waals surface area contributed by atoms with Gasteiger partial charge in [-0.2, -0.15) is 0 Å². The minimum absolute atomic E-state index is 0.0710. The molecule has 1 N–H and O–H groups in total. The third-order valence-corrected chi connectivity index (χ3v) is 5.87. The highest BCUT2D eigenvalue weighted by Crippen LogP contribution is 2.40. The van der Waals surface area contributed by atoms with Crippen LogP contribution in [0.5, 0.6) is 0 Å². The first kappa shape index (κ1) is 15.6. The first-order chi connectivity index (χ1) is 11.6. The van der Waals surface area contributed by atoms with Crippen LogP contribution in [0.3, 0.4) is 0 Å². The number of likely N-dealkylation sites (tertiary alicyclic amines) is 1. The summed E-state index contributed by atoms with van der Waals surface area (Å²) < 4.78 is 0. The number of piperidine rings is 1. The number of aryl methyl sites for hydroxylation is 1. The minimum Gasteiger partial charge on any atom is -0.319 e. The number of nitrogens with zero attached hydrogens (tertiary/aromatic N) is 2. The zero-order valence-corrected chi connectivity index (χ0v) is 14.3. The van der Waals surface area contributed by atoms with E-state index in [1.807, 2.05) is 18.2 Å². The van der Waals surface area contributed by atoms with E-state index in [0.717, 1.165) is 50.3 Å². The Morgan fingerprint density at radius 1 is 1.21 bits per heavy atom. The molecule has 24 heavy (non-hydrogen) atoms. The molecule has 0 saturated carbocycles. The molecule has 4 rings (SSSR count). The lowest BCUT2D eigenvalue weighted by atomic mass is 9.76. The zero-order valence-electron chi connectivity index (χ0n) is 14.3. The topological polar surface area (TPSA) is 52.6 Å². The molecule has 0 bridgehead atoms. The van der Waals surface area contributed by atoms with Crippen molar-refractivity contribution >= 4 is 11.9 Å². The fourth-order valence-corrected chi connectivity index (χ4v) is 4.34. The van der Waals surface area contributed by atoms with Crippen LogP contribution in [-0.4, -0.2) is 41.5 Å². The summed E-state index contributed by atoms with van der Waals surface area (Å²) in [7, 11) is 0. The average Bonchev–Trinajstić information content (AvgIpc) is 2.82. The fraction of sp³-hybridized carbons (Fsp3) is 0.579. The Bertz CT molecular complexity index is 666. The smallest absolute Gasteiger partial charge is 0.319 e. The Hall–Kier alpha value is -1.88. The summed E-state index contributed by atoms with van der Waals surface area (Å²) in [5.41, 5.74) is 1.34. The Kier molecular flexibility index (Phi) is 3.83. The van der Waals surface area contributed by atoms with Crippen LogP contribution in [0.15, 0.2) is 24.3 Å². The number of carbonyl (C=O) groups excluding carboxylic acids is 2. The molecule has 5 nitrogen and oxygen atoms in total. The molecule has 1 aromatic rings. The zero-order chi connectivity index (χ0) is 16.7. The Morgan fingerprint density at radius 2 is 1.96 bits per heavy atom. The Balaban J connectivity index is 1.58. The van der Waals surface area contributed by atoms with Crippen LogP contribution < -0.4 is 5.32 Å². The van der Waals surface area contributed by atoms with E-state index in [9.17, 15) is 9.59 Å². The predicted molar refractivity (Wildman–Crippen MR) is 91.3 cm³/mol. The summed E-state index contributed by atoms with van der Waals surface area (Å²) in [4.78, 5) is 29.4. The van der Waals surface area contributed by atoms with E-state index in [1.165, 1.54) is 10.5 Å². The highest BCUT2D eigenvalue weighted by molar-refractivity contribution is 6.07. The van der Waals surface area contributed by atoms with E-state index in [4.69, 9.17) is 0 Å². The van der Waals surface area contributed by atoms with Gasteiger partial charge in [-0.25, -0.2) is 9.69 Å². The van der Waals surface area contributed by atoms with E-state index < -0.39 is 5.54 Å². The lowest BCUT2D eigenvalue weighted by molar-refractivity contribution is -0.133. The first-order valence-corrected chi connectivity index (χ1v) is 9.05. The first-order valence-electron chi connectivity index (χ1n) is 9.05. The maximum absolute atomic E-state index is 13.2. The summed E-state index contributed by atoms with van der Waals surface area (Å²) in [6, 6.07) is 7.80.